The number of hydrogen-bond acceptors (Lipinski definition) is 8. The Morgan fingerprint density at radius 1 is 1.10 bits per heavy atom. The number of alkyl halides is 3. The van der Waals surface area contributed by atoms with Gasteiger partial charge >= 0.3 is 24.6 Å². The van der Waals surface area contributed by atoms with E-state index in [4.69, 9.17) is 14.0 Å². The number of esters is 2. The number of carbonyl (C=O) groups is 2. The second-order valence-electron chi connectivity index (χ2n) is 7.85. The van der Waals surface area contributed by atoms with Gasteiger partial charge in [-0.15, -0.1) is 0 Å². The van der Waals surface area contributed by atoms with Gasteiger partial charge in [0, 0.05) is 12.5 Å². The molecule has 172 valence electrons. The third kappa shape index (κ3) is 4.72. The fourth-order valence-corrected chi connectivity index (χ4v) is 3.81. The number of hydrogen-bond donors (Lipinski definition) is 0. The van der Waals surface area contributed by atoms with Crippen LogP contribution in [0.1, 0.15) is 50.5 Å². The third-order valence-electron chi connectivity index (χ3n) is 5.19. The predicted molar refractivity (Wildman–Crippen MR) is 102 cm³/mol. The smallest absolute Gasteiger partial charge is 0.465 e. The number of benzene rings is 1. The van der Waals surface area contributed by atoms with E-state index in [1.54, 1.807) is 27.7 Å². The van der Waals surface area contributed by atoms with E-state index in [1.165, 1.54) is 0 Å². The molecule has 31 heavy (non-hydrogen) atoms. The molecule has 1 fully saturated rings. The molecular weight excluding hydrogens is 444 g/mol. The lowest BCUT2D eigenvalue weighted by atomic mass is 9.75. The quantitative estimate of drug-likeness (QED) is 0.480. The highest BCUT2D eigenvalue weighted by Crippen LogP contribution is 2.38. The van der Waals surface area contributed by atoms with E-state index in [-0.39, 0.29) is 5.46 Å². The molecule has 1 aliphatic heterocycles. The van der Waals surface area contributed by atoms with Crippen LogP contribution in [-0.2, 0) is 40.0 Å². The fourth-order valence-electron chi connectivity index (χ4n) is 2.78. The molecule has 1 aliphatic rings. The molecule has 2 rings (SSSR count). The zero-order valence-electron chi connectivity index (χ0n) is 17.7. The van der Waals surface area contributed by atoms with Gasteiger partial charge in [0.25, 0.3) is 9.84 Å². The van der Waals surface area contributed by atoms with E-state index >= 15 is 0 Å². The van der Waals surface area contributed by atoms with Crippen molar-refractivity contribution in [3.63, 3.8) is 0 Å². The van der Waals surface area contributed by atoms with Gasteiger partial charge in [-0.3, -0.25) is 4.79 Å². The second kappa shape index (κ2) is 8.10. The van der Waals surface area contributed by atoms with Crippen molar-refractivity contribution in [2.75, 3.05) is 7.11 Å². The average Bonchev–Trinajstić information content (AvgIpc) is 2.84. The molecule has 0 amide bonds. The number of ether oxygens (including phenoxy) is 2. The normalized spacial score (nSPS) is 18.0. The van der Waals surface area contributed by atoms with E-state index in [2.05, 4.69) is 4.74 Å². The van der Waals surface area contributed by atoms with Gasteiger partial charge in [0.2, 0.25) is 0 Å². The zero-order valence-corrected chi connectivity index (χ0v) is 18.6. The molecule has 1 saturated heterocycles. The lowest BCUT2D eigenvalue weighted by Crippen LogP contribution is -2.41. The molecule has 0 atom stereocenters. The van der Waals surface area contributed by atoms with Crippen LogP contribution in [0.5, 0.6) is 0 Å². The summed E-state index contributed by atoms with van der Waals surface area (Å²) in [7, 11) is -6.30. The van der Waals surface area contributed by atoms with Crippen molar-refractivity contribution in [1.82, 2.24) is 0 Å². The van der Waals surface area contributed by atoms with E-state index in [0.29, 0.717) is 6.07 Å². The standard InChI is InChI=1S/C18H22BF3O8S/c1-10(23)28-9-12-13(19-29-16(2,3)17(4,5)30-19)7-11(15(24)27-6)8-14(12)31(25,26)18(20,21)22/h7-8H,9H2,1-6H3. The molecule has 1 aromatic rings. The molecule has 0 bridgehead atoms. The highest BCUT2D eigenvalue weighted by atomic mass is 32.2. The summed E-state index contributed by atoms with van der Waals surface area (Å²) >= 11 is 0. The van der Waals surface area contributed by atoms with Crippen LogP contribution < -0.4 is 5.46 Å². The lowest BCUT2D eigenvalue weighted by molar-refractivity contribution is -0.142. The first-order valence-corrected chi connectivity index (χ1v) is 10.5. The molecule has 0 radical (unpaired) electrons. The van der Waals surface area contributed by atoms with Gasteiger partial charge in [0.05, 0.1) is 28.8 Å². The maximum absolute atomic E-state index is 13.4. The van der Waals surface area contributed by atoms with Gasteiger partial charge in [0.15, 0.2) is 0 Å². The van der Waals surface area contributed by atoms with Gasteiger partial charge in [0.1, 0.15) is 6.61 Å². The molecule has 0 aromatic heterocycles. The first-order chi connectivity index (χ1) is 13.9. The van der Waals surface area contributed by atoms with Gasteiger partial charge in [-0.05, 0) is 45.3 Å². The van der Waals surface area contributed by atoms with Crippen molar-refractivity contribution < 1.29 is 50.0 Å². The molecule has 0 spiro atoms. The van der Waals surface area contributed by atoms with Crippen LogP contribution in [0.2, 0.25) is 0 Å². The van der Waals surface area contributed by atoms with E-state index < -0.39 is 68.2 Å². The topological polar surface area (TPSA) is 105 Å². The maximum atomic E-state index is 13.4. The van der Waals surface area contributed by atoms with E-state index in [1.807, 2.05) is 0 Å². The zero-order chi connectivity index (χ0) is 24.0. The summed E-state index contributed by atoms with van der Waals surface area (Å²) in [5, 5.41) is 0. The number of methoxy groups -OCH3 is 1. The number of rotatable bonds is 5. The van der Waals surface area contributed by atoms with Crippen LogP contribution in [-0.4, -0.2) is 51.3 Å². The summed E-state index contributed by atoms with van der Waals surface area (Å²) < 4.78 is 85.8. The molecule has 0 aliphatic carbocycles. The molecule has 0 unspecified atom stereocenters. The summed E-state index contributed by atoms with van der Waals surface area (Å²) in [4.78, 5) is 22.1. The Morgan fingerprint density at radius 2 is 1.61 bits per heavy atom. The highest BCUT2D eigenvalue weighted by Gasteiger charge is 2.54. The third-order valence-corrected chi connectivity index (χ3v) is 6.74. The van der Waals surface area contributed by atoms with Crippen molar-refractivity contribution in [2.45, 2.75) is 62.8 Å². The fraction of sp³-hybridized carbons (Fsp3) is 0.556. The SMILES string of the molecule is COC(=O)c1cc(B2OC(C)(C)C(C)(C)O2)c(COC(C)=O)c(S(=O)(=O)C(F)(F)F)c1. The monoisotopic (exact) mass is 466 g/mol. The molecular formula is C18H22BF3O8S. The Morgan fingerprint density at radius 3 is 2.03 bits per heavy atom. The van der Waals surface area contributed by atoms with Crippen molar-refractivity contribution in [2.24, 2.45) is 0 Å². The van der Waals surface area contributed by atoms with Crippen LogP contribution in [0.15, 0.2) is 17.0 Å². The molecule has 8 nitrogen and oxygen atoms in total. The minimum absolute atomic E-state index is 0.203. The Balaban J connectivity index is 2.85. The van der Waals surface area contributed by atoms with Crippen molar-refractivity contribution >= 4 is 34.4 Å². The van der Waals surface area contributed by atoms with Gasteiger partial charge in [-0.1, -0.05) is 0 Å². The lowest BCUT2D eigenvalue weighted by Gasteiger charge is -2.32. The van der Waals surface area contributed by atoms with Crippen molar-refractivity contribution in [3.8, 4) is 0 Å². The highest BCUT2D eigenvalue weighted by molar-refractivity contribution is 7.92. The van der Waals surface area contributed by atoms with Crippen LogP contribution in [0.25, 0.3) is 0 Å². The summed E-state index contributed by atoms with van der Waals surface area (Å²) in [6, 6.07) is 1.63. The Bertz CT molecular complexity index is 986. The second-order valence-corrected chi connectivity index (χ2v) is 9.76. The Kier molecular flexibility index (Phi) is 6.57. The summed E-state index contributed by atoms with van der Waals surface area (Å²) in [6.07, 6.45) is 0. The largest absolute Gasteiger partial charge is 0.501 e. The van der Waals surface area contributed by atoms with E-state index in [9.17, 15) is 31.2 Å². The van der Waals surface area contributed by atoms with Crippen LogP contribution >= 0.6 is 0 Å². The maximum Gasteiger partial charge on any atom is 0.501 e. The van der Waals surface area contributed by atoms with Crippen molar-refractivity contribution in [3.05, 3.63) is 23.3 Å². The molecule has 0 saturated carbocycles. The predicted octanol–water partition coefficient (Wildman–Crippen LogP) is 2.13. The average molecular weight is 466 g/mol. The number of halogens is 3. The first-order valence-electron chi connectivity index (χ1n) is 9.00. The van der Waals surface area contributed by atoms with Gasteiger partial charge < -0.3 is 18.8 Å². The summed E-state index contributed by atoms with van der Waals surface area (Å²) in [5.41, 5.74) is -8.73. The summed E-state index contributed by atoms with van der Waals surface area (Å²) in [6.45, 7) is 6.90. The molecule has 0 N–H and O–H groups in total. The minimum Gasteiger partial charge on any atom is -0.465 e. The Hall–Kier alpha value is -2.12. The molecule has 1 aromatic carbocycles. The number of carbonyl (C=O) groups excluding carboxylic acids is 2. The minimum atomic E-state index is -5.94. The van der Waals surface area contributed by atoms with Crippen LogP contribution in [0.3, 0.4) is 0 Å². The molecule has 13 heteroatoms. The van der Waals surface area contributed by atoms with Crippen molar-refractivity contribution in [1.29, 1.82) is 0 Å². The van der Waals surface area contributed by atoms with Crippen LogP contribution in [0.4, 0.5) is 13.2 Å². The molecule has 1 heterocycles. The van der Waals surface area contributed by atoms with Gasteiger partial charge in [-0.25, -0.2) is 13.2 Å². The van der Waals surface area contributed by atoms with Crippen LogP contribution in [0, 0.1) is 0 Å². The van der Waals surface area contributed by atoms with Gasteiger partial charge in [-0.2, -0.15) is 13.2 Å². The number of sulfone groups is 1. The summed E-state index contributed by atoms with van der Waals surface area (Å²) in [5.74, 6) is -1.93. The Labute approximate surface area is 178 Å². The first kappa shape index (κ1) is 25.1. The van der Waals surface area contributed by atoms with E-state index in [0.717, 1.165) is 20.1 Å².